The van der Waals surface area contributed by atoms with Crippen molar-refractivity contribution in [1.29, 1.82) is 0 Å². The van der Waals surface area contributed by atoms with Crippen LogP contribution in [0.15, 0.2) is 93.9 Å². The molecule has 10 heteroatoms. The van der Waals surface area contributed by atoms with Gasteiger partial charge in [-0.15, -0.1) is 0 Å². The molecule has 4 aromatic rings. The zero-order chi connectivity index (χ0) is 30.5. The first-order valence-corrected chi connectivity index (χ1v) is 14.6. The maximum atomic E-state index is 14.0. The molecule has 43 heavy (non-hydrogen) atoms. The second-order valence-electron chi connectivity index (χ2n) is 9.52. The first kappa shape index (κ1) is 29.5. The molecule has 1 aliphatic rings. The van der Waals surface area contributed by atoms with E-state index in [1.807, 2.05) is 54.6 Å². The molecule has 2 heterocycles. The monoisotopic (exact) mass is 598 g/mol. The van der Waals surface area contributed by atoms with Gasteiger partial charge in [-0.1, -0.05) is 47.7 Å². The molecular formula is C33H30N2O7S. The van der Waals surface area contributed by atoms with Gasteiger partial charge >= 0.3 is 11.9 Å². The van der Waals surface area contributed by atoms with Gasteiger partial charge < -0.3 is 18.9 Å². The van der Waals surface area contributed by atoms with Crippen LogP contribution in [0.25, 0.3) is 6.08 Å². The Hall–Kier alpha value is -4.96. The highest BCUT2D eigenvalue weighted by Crippen LogP contribution is 2.36. The van der Waals surface area contributed by atoms with Crippen molar-refractivity contribution < 1.29 is 28.5 Å². The fraction of sp³-hybridized carbons (Fsp3) is 0.212. The predicted octanol–water partition coefficient (Wildman–Crippen LogP) is 4.91. The minimum atomic E-state index is -0.851. The van der Waals surface area contributed by atoms with Crippen LogP contribution in [0.2, 0.25) is 0 Å². The second kappa shape index (κ2) is 12.9. The highest BCUT2D eigenvalue weighted by molar-refractivity contribution is 7.07. The van der Waals surface area contributed by atoms with Gasteiger partial charge in [0.1, 0.15) is 11.5 Å². The third-order valence-electron chi connectivity index (χ3n) is 6.49. The van der Waals surface area contributed by atoms with Crippen molar-refractivity contribution in [2.45, 2.75) is 33.7 Å². The van der Waals surface area contributed by atoms with Gasteiger partial charge in [-0.05, 0) is 74.4 Å². The van der Waals surface area contributed by atoms with E-state index >= 15 is 0 Å². The van der Waals surface area contributed by atoms with E-state index in [2.05, 4.69) is 4.99 Å². The van der Waals surface area contributed by atoms with Gasteiger partial charge in [-0.25, -0.2) is 9.79 Å². The zero-order valence-electron chi connectivity index (χ0n) is 24.2. The molecule has 1 aromatic heterocycles. The number of benzene rings is 3. The third-order valence-corrected chi connectivity index (χ3v) is 7.47. The summed E-state index contributed by atoms with van der Waals surface area (Å²) in [5.74, 6) is 0.806. The van der Waals surface area contributed by atoms with Crippen LogP contribution in [0, 0.1) is 0 Å². The van der Waals surface area contributed by atoms with E-state index in [1.54, 1.807) is 45.0 Å². The molecule has 0 bridgehead atoms. The van der Waals surface area contributed by atoms with E-state index in [9.17, 15) is 14.4 Å². The quantitative estimate of drug-likeness (QED) is 0.199. The molecule has 3 aromatic carbocycles. The second-order valence-corrected chi connectivity index (χ2v) is 10.5. The lowest BCUT2D eigenvalue weighted by Crippen LogP contribution is -2.40. The fourth-order valence-corrected chi connectivity index (χ4v) is 5.80. The summed E-state index contributed by atoms with van der Waals surface area (Å²) in [4.78, 5) is 44.0. The lowest BCUT2D eigenvalue weighted by atomic mass is 9.95. The molecule has 1 aliphatic heterocycles. The van der Waals surface area contributed by atoms with Gasteiger partial charge in [-0.2, -0.15) is 0 Å². The average molecular weight is 599 g/mol. The number of esters is 2. The van der Waals surface area contributed by atoms with Crippen molar-refractivity contribution in [2.75, 3.05) is 13.2 Å². The van der Waals surface area contributed by atoms with E-state index in [4.69, 9.17) is 18.9 Å². The molecule has 9 nitrogen and oxygen atoms in total. The summed E-state index contributed by atoms with van der Waals surface area (Å²) in [6.45, 7) is 7.01. The lowest BCUT2D eigenvalue weighted by Gasteiger charge is -2.25. The number of fused-ring (bicyclic) bond motifs is 1. The van der Waals surface area contributed by atoms with Crippen molar-refractivity contribution >= 4 is 29.4 Å². The predicted molar refractivity (Wildman–Crippen MR) is 162 cm³/mol. The largest absolute Gasteiger partial charge is 0.490 e. The topological polar surface area (TPSA) is 105 Å². The molecule has 0 spiro atoms. The molecule has 0 N–H and O–H groups in total. The smallest absolute Gasteiger partial charge is 0.338 e. The Morgan fingerprint density at radius 1 is 0.953 bits per heavy atom. The van der Waals surface area contributed by atoms with Gasteiger partial charge in [0.05, 0.1) is 35.1 Å². The van der Waals surface area contributed by atoms with Gasteiger partial charge in [-0.3, -0.25) is 14.2 Å². The van der Waals surface area contributed by atoms with E-state index in [-0.39, 0.29) is 23.5 Å². The number of para-hydroxylation sites is 1. The standard InChI is InChI=1S/C33H30N2O7S/c1-5-39-27-19-23(15-16-26(27)41-21(4)36)30-29(32(38)40-6-2)20(3)34-33-35(30)31(37)28(43-33)18-22-11-10-14-25(17-22)42-24-12-8-7-9-13-24/h7-19,30H,5-6H2,1-4H3/b28-18+/t30-/m1/s1. The Balaban J connectivity index is 1.63. The highest BCUT2D eigenvalue weighted by atomic mass is 32.1. The molecular weight excluding hydrogens is 568 g/mol. The summed E-state index contributed by atoms with van der Waals surface area (Å²) in [6.07, 6.45) is 1.78. The number of allylic oxidation sites excluding steroid dienone is 1. The first-order valence-electron chi connectivity index (χ1n) is 13.8. The van der Waals surface area contributed by atoms with Crippen LogP contribution < -0.4 is 29.1 Å². The molecule has 0 amide bonds. The summed E-state index contributed by atoms with van der Waals surface area (Å²) < 4.78 is 24.4. The molecule has 0 fully saturated rings. The van der Waals surface area contributed by atoms with Crippen LogP contribution in [0.1, 0.15) is 44.9 Å². The Morgan fingerprint density at radius 2 is 1.72 bits per heavy atom. The van der Waals surface area contributed by atoms with Crippen LogP contribution in [0.4, 0.5) is 0 Å². The molecule has 0 radical (unpaired) electrons. The van der Waals surface area contributed by atoms with Crippen LogP contribution in [0.3, 0.4) is 0 Å². The maximum Gasteiger partial charge on any atom is 0.338 e. The van der Waals surface area contributed by atoms with Crippen LogP contribution in [-0.4, -0.2) is 29.7 Å². The van der Waals surface area contributed by atoms with Crippen molar-refractivity contribution in [2.24, 2.45) is 4.99 Å². The van der Waals surface area contributed by atoms with Crippen LogP contribution in [0.5, 0.6) is 23.0 Å². The summed E-state index contributed by atoms with van der Waals surface area (Å²) in [7, 11) is 0. The number of hydrogen-bond donors (Lipinski definition) is 0. The Morgan fingerprint density at radius 3 is 2.44 bits per heavy atom. The summed E-state index contributed by atoms with van der Waals surface area (Å²) in [5, 5.41) is 0. The van der Waals surface area contributed by atoms with Gasteiger partial charge in [0.25, 0.3) is 5.56 Å². The summed E-state index contributed by atoms with van der Waals surface area (Å²) in [5.41, 5.74) is 1.70. The van der Waals surface area contributed by atoms with Gasteiger partial charge in [0, 0.05) is 6.92 Å². The minimum absolute atomic E-state index is 0.156. The summed E-state index contributed by atoms with van der Waals surface area (Å²) >= 11 is 1.22. The van der Waals surface area contributed by atoms with Crippen molar-refractivity contribution in [3.63, 3.8) is 0 Å². The Kier molecular flexibility index (Phi) is 8.87. The molecule has 1 atom stereocenters. The first-order chi connectivity index (χ1) is 20.8. The number of carbonyl (C=O) groups is 2. The number of carbonyl (C=O) groups excluding carboxylic acids is 2. The Bertz CT molecular complexity index is 1890. The SMILES string of the molecule is CCOC(=O)C1=C(C)N=c2s/c(=C/c3cccc(Oc4ccccc4)c3)c(=O)n2[C@@H]1c1ccc(OC(C)=O)c(OCC)c1. The van der Waals surface area contributed by atoms with Gasteiger partial charge in [0.15, 0.2) is 16.3 Å². The van der Waals surface area contributed by atoms with Crippen LogP contribution in [-0.2, 0) is 14.3 Å². The number of rotatable bonds is 9. The van der Waals surface area contributed by atoms with Crippen molar-refractivity contribution in [1.82, 2.24) is 4.57 Å². The van der Waals surface area contributed by atoms with Crippen molar-refractivity contribution in [3.8, 4) is 23.0 Å². The summed E-state index contributed by atoms with van der Waals surface area (Å²) in [6, 6.07) is 21.0. The third kappa shape index (κ3) is 6.44. The number of hydrogen-bond acceptors (Lipinski definition) is 9. The van der Waals surface area contributed by atoms with E-state index in [0.29, 0.717) is 44.4 Å². The molecule has 0 saturated heterocycles. The molecule has 220 valence electrons. The lowest BCUT2D eigenvalue weighted by molar-refractivity contribution is -0.139. The van der Waals surface area contributed by atoms with Crippen molar-refractivity contribution in [3.05, 3.63) is 115 Å². The number of aromatic nitrogens is 1. The Labute approximate surface area is 252 Å². The molecule has 0 unspecified atom stereocenters. The highest BCUT2D eigenvalue weighted by Gasteiger charge is 2.34. The van der Waals surface area contributed by atoms with E-state index < -0.39 is 18.0 Å². The average Bonchev–Trinajstić information content (AvgIpc) is 3.27. The van der Waals surface area contributed by atoms with Gasteiger partial charge in [0.2, 0.25) is 0 Å². The van der Waals surface area contributed by atoms with Crippen LogP contribution >= 0.6 is 11.3 Å². The number of ether oxygens (including phenoxy) is 4. The number of thiazole rings is 1. The molecule has 0 aliphatic carbocycles. The maximum absolute atomic E-state index is 14.0. The van der Waals surface area contributed by atoms with E-state index in [0.717, 1.165) is 5.56 Å². The normalized spacial score (nSPS) is 14.5. The fourth-order valence-electron chi connectivity index (χ4n) is 4.75. The minimum Gasteiger partial charge on any atom is -0.490 e. The molecule has 5 rings (SSSR count). The van der Waals surface area contributed by atoms with E-state index in [1.165, 1.54) is 22.8 Å². The molecule has 0 saturated carbocycles. The zero-order valence-corrected chi connectivity index (χ0v) is 25.0. The number of nitrogens with zero attached hydrogens (tertiary/aromatic N) is 2.